The molecule has 0 aromatic rings. The first-order valence-corrected chi connectivity index (χ1v) is 5.54. The van der Waals surface area contributed by atoms with Crippen molar-refractivity contribution in [2.75, 3.05) is 19.6 Å². The van der Waals surface area contributed by atoms with Gasteiger partial charge in [-0.3, -0.25) is 14.5 Å². The molecule has 1 rings (SSSR count). The Labute approximate surface area is 90.6 Å². The van der Waals surface area contributed by atoms with E-state index in [2.05, 4.69) is 18.6 Å². The van der Waals surface area contributed by atoms with Gasteiger partial charge in [0, 0.05) is 0 Å². The van der Waals surface area contributed by atoms with Crippen molar-refractivity contribution in [1.82, 2.24) is 4.90 Å². The van der Waals surface area contributed by atoms with E-state index in [1.807, 2.05) is 4.90 Å². The third-order valence-electron chi connectivity index (χ3n) is 2.44. The highest BCUT2D eigenvalue weighted by Gasteiger charge is 2.23. The minimum atomic E-state index is -0.421. The van der Waals surface area contributed by atoms with Gasteiger partial charge in [-0.25, -0.2) is 0 Å². The molecule has 86 valence electrons. The lowest BCUT2D eigenvalue weighted by Crippen LogP contribution is -2.43. The second-order valence-electron chi connectivity index (χ2n) is 4.45. The number of unbranched alkanes of at least 4 members (excludes halogenated alkanes) is 1. The van der Waals surface area contributed by atoms with Crippen LogP contribution in [0.25, 0.3) is 0 Å². The van der Waals surface area contributed by atoms with Crippen molar-refractivity contribution >= 4 is 11.9 Å². The van der Waals surface area contributed by atoms with Gasteiger partial charge in [-0.2, -0.15) is 0 Å². The van der Waals surface area contributed by atoms with E-state index in [-0.39, 0.29) is 13.1 Å². The van der Waals surface area contributed by atoms with Crippen molar-refractivity contribution in [3.63, 3.8) is 0 Å². The van der Waals surface area contributed by atoms with Gasteiger partial charge in [-0.05, 0) is 18.9 Å². The maximum Gasteiger partial charge on any atom is 0.327 e. The fourth-order valence-corrected chi connectivity index (χ4v) is 1.66. The summed E-state index contributed by atoms with van der Waals surface area (Å²) in [5.74, 6) is -0.122. The van der Waals surface area contributed by atoms with Crippen molar-refractivity contribution in [2.24, 2.45) is 5.92 Å². The molecule has 0 atom stereocenters. The number of esters is 2. The summed E-state index contributed by atoms with van der Waals surface area (Å²) >= 11 is 0. The average molecular weight is 213 g/mol. The number of cyclic esters (lactones) is 2. The van der Waals surface area contributed by atoms with Gasteiger partial charge in [0.05, 0.1) is 13.1 Å². The molecule has 0 aliphatic carbocycles. The van der Waals surface area contributed by atoms with Gasteiger partial charge in [0.1, 0.15) is 0 Å². The predicted octanol–water partition coefficient (Wildman–Crippen LogP) is 1.20. The maximum atomic E-state index is 10.9. The predicted molar refractivity (Wildman–Crippen MR) is 56.2 cm³/mol. The summed E-state index contributed by atoms with van der Waals surface area (Å²) in [5.41, 5.74) is 0. The Hall–Kier alpha value is -0.900. The molecule has 1 heterocycles. The fourth-order valence-electron chi connectivity index (χ4n) is 1.66. The standard InChI is InChI=1S/C11H19NO3/c1-9(2)5-3-4-6-12-7-10(13)15-11(14)8-12/h9H,3-8H2,1-2H3. The Morgan fingerprint density at radius 2 is 1.80 bits per heavy atom. The quantitative estimate of drug-likeness (QED) is 0.391. The molecule has 15 heavy (non-hydrogen) atoms. The van der Waals surface area contributed by atoms with Crippen LogP contribution in [0.4, 0.5) is 0 Å². The Morgan fingerprint density at radius 1 is 1.20 bits per heavy atom. The average Bonchev–Trinajstić information content (AvgIpc) is 2.10. The van der Waals surface area contributed by atoms with E-state index in [1.165, 1.54) is 6.42 Å². The third-order valence-corrected chi connectivity index (χ3v) is 2.44. The summed E-state index contributed by atoms with van der Waals surface area (Å²) in [6, 6.07) is 0. The van der Waals surface area contributed by atoms with E-state index >= 15 is 0 Å². The second kappa shape index (κ2) is 5.85. The van der Waals surface area contributed by atoms with E-state index in [0.717, 1.165) is 25.3 Å². The molecule has 1 aliphatic rings. The topological polar surface area (TPSA) is 46.6 Å². The minimum Gasteiger partial charge on any atom is -0.391 e. The lowest BCUT2D eigenvalue weighted by Gasteiger charge is -2.23. The third kappa shape index (κ3) is 4.93. The van der Waals surface area contributed by atoms with Crippen LogP contribution in [0.5, 0.6) is 0 Å². The summed E-state index contributed by atoms with van der Waals surface area (Å²) in [6.07, 6.45) is 3.39. The van der Waals surface area contributed by atoms with Gasteiger partial charge >= 0.3 is 11.9 Å². The number of carbonyl (C=O) groups is 2. The van der Waals surface area contributed by atoms with Crippen LogP contribution in [-0.4, -0.2) is 36.5 Å². The molecule has 0 radical (unpaired) electrons. The van der Waals surface area contributed by atoms with Crippen LogP contribution in [0, 0.1) is 5.92 Å². The molecule has 1 fully saturated rings. The van der Waals surface area contributed by atoms with E-state index in [9.17, 15) is 9.59 Å². The molecule has 0 saturated carbocycles. The zero-order chi connectivity index (χ0) is 11.3. The monoisotopic (exact) mass is 213 g/mol. The molecule has 0 amide bonds. The van der Waals surface area contributed by atoms with Crippen molar-refractivity contribution in [3.8, 4) is 0 Å². The van der Waals surface area contributed by atoms with Crippen molar-refractivity contribution < 1.29 is 14.3 Å². The number of carbonyl (C=O) groups excluding carboxylic acids is 2. The summed E-state index contributed by atoms with van der Waals surface area (Å²) in [5, 5.41) is 0. The molecular weight excluding hydrogens is 194 g/mol. The molecule has 1 saturated heterocycles. The van der Waals surface area contributed by atoms with Crippen LogP contribution in [0.15, 0.2) is 0 Å². The second-order valence-corrected chi connectivity index (χ2v) is 4.45. The first-order valence-electron chi connectivity index (χ1n) is 5.54. The van der Waals surface area contributed by atoms with E-state index < -0.39 is 11.9 Å². The van der Waals surface area contributed by atoms with Gasteiger partial charge < -0.3 is 4.74 Å². The Balaban J connectivity index is 2.15. The summed E-state index contributed by atoms with van der Waals surface area (Å²) < 4.78 is 4.44. The SMILES string of the molecule is CC(C)CCCCN1CC(=O)OC(=O)C1. The molecule has 0 spiro atoms. The minimum absolute atomic E-state index is 0.257. The highest BCUT2D eigenvalue weighted by molar-refractivity contribution is 5.90. The largest absolute Gasteiger partial charge is 0.391 e. The molecule has 0 aromatic heterocycles. The molecule has 0 unspecified atom stereocenters. The molecule has 0 N–H and O–H groups in total. The fraction of sp³-hybridized carbons (Fsp3) is 0.818. The molecule has 4 heteroatoms. The smallest absolute Gasteiger partial charge is 0.327 e. The molecule has 4 nitrogen and oxygen atoms in total. The van der Waals surface area contributed by atoms with Crippen LogP contribution in [-0.2, 0) is 14.3 Å². The normalized spacial score (nSPS) is 18.3. The van der Waals surface area contributed by atoms with E-state index in [1.54, 1.807) is 0 Å². The molecular formula is C11H19NO3. The van der Waals surface area contributed by atoms with E-state index in [0.29, 0.717) is 0 Å². The van der Waals surface area contributed by atoms with Crippen LogP contribution in [0.3, 0.4) is 0 Å². The van der Waals surface area contributed by atoms with Crippen LogP contribution < -0.4 is 0 Å². The first-order chi connectivity index (χ1) is 7.08. The first kappa shape index (κ1) is 12.2. The number of ether oxygens (including phenoxy) is 1. The number of morpholine rings is 1. The maximum absolute atomic E-state index is 10.9. The van der Waals surface area contributed by atoms with Gasteiger partial charge in [0.25, 0.3) is 0 Å². The van der Waals surface area contributed by atoms with Gasteiger partial charge in [-0.15, -0.1) is 0 Å². The van der Waals surface area contributed by atoms with Crippen molar-refractivity contribution in [2.45, 2.75) is 33.1 Å². The number of nitrogens with zero attached hydrogens (tertiary/aromatic N) is 1. The highest BCUT2D eigenvalue weighted by Crippen LogP contribution is 2.08. The molecule has 1 aliphatic heterocycles. The van der Waals surface area contributed by atoms with Crippen molar-refractivity contribution in [1.29, 1.82) is 0 Å². The van der Waals surface area contributed by atoms with Gasteiger partial charge in [-0.1, -0.05) is 26.7 Å². The van der Waals surface area contributed by atoms with Crippen LogP contribution >= 0.6 is 0 Å². The number of hydrogen-bond acceptors (Lipinski definition) is 4. The highest BCUT2D eigenvalue weighted by atomic mass is 16.6. The van der Waals surface area contributed by atoms with E-state index in [4.69, 9.17) is 0 Å². The number of rotatable bonds is 5. The summed E-state index contributed by atoms with van der Waals surface area (Å²) in [7, 11) is 0. The zero-order valence-electron chi connectivity index (χ0n) is 9.49. The summed E-state index contributed by atoms with van der Waals surface area (Å²) in [6.45, 7) is 5.72. The molecule has 0 bridgehead atoms. The lowest BCUT2D eigenvalue weighted by molar-refractivity contribution is -0.166. The lowest BCUT2D eigenvalue weighted by atomic mass is 10.1. The molecule has 0 aromatic carbocycles. The zero-order valence-corrected chi connectivity index (χ0v) is 9.49. The Kier molecular flexibility index (Phi) is 4.75. The van der Waals surface area contributed by atoms with Gasteiger partial charge in [0.2, 0.25) is 0 Å². The summed E-state index contributed by atoms with van der Waals surface area (Å²) in [4.78, 5) is 23.7. The van der Waals surface area contributed by atoms with Gasteiger partial charge in [0.15, 0.2) is 0 Å². The van der Waals surface area contributed by atoms with Crippen LogP contribution in [0.1, 0.15) is 33.1 Å². The Bertz CT molecular complexity index is 222. The van der Waals surface area contributed by atoms with Crippen molar-refractivity contribution in [3.05, 3.63) is 0 Å². The number of hydrogen-bond donors (Lipinski definition) is 0. The van der Waals surface area contributed by atoms with Crippen LogP contribution in [0.2, 0.25) is 0 Å². The Morgan fingerprint density at radius 3 is 2.33 bits per heavy atom.